The number of aryl methyl sites for hydroxylation is 3. The predicted molar refractivity (Wildman–Crippen MR) is 166 cm³/mol. The van der Waals surface area contributed by atoms with Gasteiger partial charge in [-0.1, -0.05) is 106 Å². The van der Waals surface area contributed by atoms with Gasteiger partial charge in [-0.2, -0.15) is 0 Å². The highest BCUT2D eigenvalue weighted by atomic mass is 14.9. The maximum atomic E-state index is 4.48. The van der Waals surface area contributed by atoms with E-state index in [4.69, 9.17) is 0 Å². The molecule has 2 aromatic heterocycles. The molecule has 0 bridgehead atoms. The van der Waals surface area contributed by atoms with Gasteiger partial charge in [0.2, 0.25) is 5.69 Å². The summed E-state index contributed by atoms with van der Waals surface area (Å²) in [6.07, 6.45) is 6.48. The second-order valence-electron chi connectivity index (χ2n) is 10.9. The van der Waals surface area contributed by atoms with Crippen molar-refractivity contribution in [3.8, 4) is 33.6 Å². The molecule has 0 unspecified atom stereocenters. The van der Waals surface area contributed by atoms with Gasteiger partial charge in [0, 0.05) is 29.0 Å². The van der Waals surface area contributed by atoms with Gasteiger partial charge in [-0.3, -0.25) is 4.98 Å². The molecular weight excluding hydrogens is 472 g/mol. The molecule has 5 rings (SSSR count). The molecule has 3 aromatic carbocycles. The highest BCUT2D eigenvalue weighted by Crippen LogP contribution is 2.35. The van der Waals surface area contributed by atoms with Crippen LogP contribution in [0.3, 0.4) is 0 Å². The van der Waals surface area contributed by atoms with Crippen molar-refractivity contribution in [2.45, 2.75) is 52.9 Å². The molecule has 2 heteroatoms. The minimum atomic E-state index is 0.197. The quantitative estimate of drug-likeness (QED) is 0.207. The topological polar surface area (TPSA) is 16.8 Å². The molecule has 5 aromatic rings. The summed E-state index contributed by atoms with van der Waals surface area (Å²) < 4.78 is 2.22. The summed E-state index contributed by atoms with van der Waals surface area (Å²) in [5, 5.41) is 0. The Hall–Kier alpha value is -4.04. The van der Waals surface area contributed by atoms with Gasteiger partial charge in [0.15, 0.2) is 6.20 Å². The van der Waals surface area contributed by atoms with E-state index in [0.29, 0.717) is 0 Å². The summed E-state index contributed by atoms with van der Waals surface area (Å²) in [7, 11) is 2.12. The molecule has 0 aliphatic rings. The van der Waals surface area contributed by atoms with E-state index in [-0.39, 0.29) is 5.41 Å². The Bertz CT molecular complexity index is 1500. The molecule has 0 atom stereocenters. The molecule has 39 heavy (non-hydrogen) atoms. The van der Waals surface area contributed by atoms with Crippen molar-refractivity contribution in [3.05, 3.63) is 132 Å². The molecule has 0 radical (unpaired) electrons. The van der Waals surface area contributed by atoms with E-state index >= 15 is 0 Å². The highest BCUT2D eigenvalue weighted by molar-refractivity contribution is 5.69. The first kappa shape index (κ1) is 28.0. The molecule has 0 fully saturated rings. The van der Waals surface area contributed by atoms with Gasteiger partial charge in [-0.25, -0.2) is 4.57 Å². The Morgan fingerprint density at radius 3 is 2.00 bits per heavy atom. The van der Waals surface area contributed by atoms with Crippen LogP contribution in [-0.4, -0.2) is 4.98 Å². The van der Waals surface area contributed by atoms with Crippen LogP contribution < -0.4 is 4.57 Å². The van der Waals surface area contributed by atoms with Crippen LogP contribution in [0.4, 0.5) is 0 Å². The van der Waals surface area contributed by atoms with Crippen LogP contribution in [0, 0.1) is 13.8 Å². The zero-order valence-corrected chi connectivity index (χ0v) is 24.3. The van der Waals surface area contributed by atoms with Crippen molar-refractivity contribution < 1.29 is 4.57 Å². The van der Waals surface area contributed by atoms with E-state index in [1.165, 1.54) is 57.5 Å². The van der Waals surface area contributed by atoms with Gasteiger partial charge in [0.1, 0.15) is 7.05 Å². The van der Waals surface area contributed by atoms with Crippen LogP contribution in [0.2, 0.25) is 0 Å². The molecular formula is C37H41N2+. The second kappa shape index (κ2) is 12.7. The summed E-state index contributed by atoms with van der Waals surface area (Å²) in [4.78, 5) is 4.48. The molecule has 0 spiro atoms. The maximum absolute atomic E-state index is 4.48. The second-order valence-corrected chi connectivity index (χ2v) is 10.9. The fraction of sp³-hybridized carbons (Fsp3) is 0.243. The lowest BCUT2D eigenvalue weighted by atomic mass is 9.78. The van der Waals surface area contributed by atoms with Crippen molar-refractivity contribution in [2.24, 2.45) is 7.05 Å². The summed E-state index contributed by atoms with van der Waals surface area (Å²) in [6, 6.07) is 36.1. The van der Waals surface area contributed by atoms with Crippen molar-refractivity contribution >= 4 is 0 Å². The first-order valence-electron chi connectivity index (χ1n) is 13.9. The zero-order chi connectivity index (χ0) is 27.8. The van der Waals surface area contributed by atoms with E-state index in [0.717, 1.165) is 5.69 Å². The summed E-state index contributed by atoms with van der Waals surface area (Å²) in [5.74, 6) is 0. The number of rotatable bonds is 6. The average Bonchev–Trinajstić information content (AvgIpc) is 2.96. The van der Waals surface area contributed by atoms with E-state index < -0.39 is 0 Å². The number of nitrogens with zero attached hydrogens (tertiary/aromatic N) is 2. The molecule has 2 nitrogen and oxygen atoms in total. The Labute approximate surface area is 235 Å². The van der Waals surface area contributed by atoms with Crippen LogP contribution in [-0.2, 0) is 12.5 Å². The molecule has 0 N–H and O–H groups in total. The van der Waals surface area contributed by atoms with Gasteiger partial charge in [0.05, 0.1) is 5.69 Å². The Balaban J connectivity index is 0.000000183. The van der Waals surface area contributed by atoms with Gasteiger partial charge in [-0.05, 0) is 66.1 Å². The third kappa shape index (κ3) is 6.70. The van der Waals surface area contributed by atoms with Crippen LogP contribution in [0.15, 0.2) is 116 Å². The van der Waals surface area contributed by atoms with Crippen molar-refractivity contribution in [3.63, 3.8) is 0 Å². The number of pyridine rings is 2. The lowest BCUT2D eigenvalue weighted by Gasteiger charge is -2.27. The monoisotopic (exact) mass is 513 g/mol. The zero-order valence-electron chi connectivity index (χ0n) is 24.3. The predicted octanol–water partition coefficient (Wildman–Crippen LogP) is 9.29. The third-order valence-corrected chi connectivity index (χ3v) is 7.46. The van der Waals surface area contributed by atoms with Crippen LogP contribution >= 0.6 is 0 Å². The standard InChI is InChI=1S/C20H20N.C17H21N/c1-15-9-7-8-12-18(15)20-13-16(2)19(14-21(20)3)17-10-5-4-6-11-17;1-4-12-17(2,3)15-10-6-5-9-14(15)16-11-7-8-13-18-16/h4-14H,1-3H3;5-11,13H,4,12H2,1-3H3/q+1;. The fourth-order valence-corrected chi connectivity index (χ4v) is 5.38. The van der Waals surface area contributed by atoms with E-state index in [1.54, 1.807) is 0 Å². The molecule has 2 heterocycles. The minimum absolute atomic E-state index is 0.197. The number of hydrogen-bond donors (Lipinski definition) is 0. The van der Waals surface area contributed by atoms with E-state index in [1.807, 2.05) is 18.3 Å². The SMILES string of the molecule is CCCC(C)(C)c1ccccc1-c1ccccn1.Cc1cc(-c2ccccc2C)[n+](C)cc1-c1ccccc1. The van der Waals surface area contributed by atoms with Crippen molar-refractivity contribution in [1.29, 1.82) is 0 Å². The number of aromatic nitrogens is 2. The summed E-state index contributed by atoms with van der Waals surface area (Å²) in [5.41, 5.74) is 11.6. The highest BCUT2D eigenvalue weighted by Gasteiger charge is 2.23. The average molecular weight is 514 g/mol. The maximum Gasteiger partial charge on any atom is 0.212 e. The lowest BCUT2D eigenvalue weighted by Crippen LogP contribution is -2.31. The number of hydrogen-bond acceptors (Lipinski definition) is 1. The van der Waals surface area contributed by atoms with Crippen molar-refractivity contribution in [2.75, 3.05) is 0 Å². The van der Waals surface area contributed by atoms with Crippen LogP contribution in [0.25, 0.3) is 33.6 Å². The first-order chi connectivity index (χ1) is 18.8. The smallest absolute Gasteiger partial charge is 0.212 e. The largest absolute Gasteiger partial charge is 0.256 e. The van der Waals surface area contributed by atoms with Gasteiger partial charge in [0.25, 0.3) is 0 Å². The van der Waals surface area contributed by atoms with Crippen molar-refractivity contribution in [1.82, 2.24) is 4.98 Å². The minimum Gasteiger partial charge on any atom is -0.256 e. The van der Waals surface area contributed by atoms with Gasteiger partial charge in [-0.15, -0.1) is 0 Å². The Morgan fingerprint density at radius 2 is 1.33 bits per heavy atom. The van der Waals surface area contributed by atoms with E-state index in [2.05, 4.69) is 148 Å². The molecule has 0 saturated carbocycles. The molecule has 0 amide bonds. The van der Waals surface area contributed by atoms with Gasteiger partial charge < -0.3 is 0 Å². The molecule has 198 valence electrons. The molecule has 0 saturated heterocycles. The first-order valence-corrected chi connectivity index (χ1v) is 13.9. The summed E-state index contributed by atoms with van der Waals surface area (Å²) in [6.45, 7) is 11.2. The fourth-order valence-electron chi connectivity index (χ4n) is 5.38. The van der Waals surface area contributed by atoms with E-state index in [9.17, 15) is 0 Å². The van der Waals surface area contributed by atoms with Gasteiger partial charge >= 0.3 is 0 Å². The summed E-state index contributed by atoms with van der Waals surface area (Å²) >= 11 is 0. The lowest BCUT2D eigenvalue weighted by molar-refractivity contribution is -0.660. The molecule has 0 aliphatic heterocycles. The Kier molecular flexibility index (Phi) is 9.09. The molecule has 0 aliphatic carbocycles. The normalized spacial score (nSPS) is 11.0. The van der Waals surface area contributed by atoms with Crippen LogP contribution in [0.5, 0.6) is 0 Å². The van der Waals surface area contributed by atoms with Crippen LogP contribution in [0.1, 0.15) is 50.3 Å². The third-order valence-electron chi connectivity index (χ3n) is 7.46. The Morgan fingerprint density at radius 1 is 0.692 bits per heavy atom. The number of benzene rings is 3.